The molecular formula is C13H18N2O. The summed E-state index contributed by atoms with van der Waals surface area (Å²) in [5.74, 6) is 0.600. The number of morpholine rings is 1. The third kappa shape index (κ3) is 2.42. The first-order valence-electron chi connectivity index (χ1n) is 5.71. The molecule has 1 aliphatic heterocycles. The Morgan fingerprint density at radius 3 is 2.31 bits per heavy atom. The van der Waals surface area contributed by atoms with Gasteiger partial charge in [-0.2, -0.15) is 0 Å². The first-order chi connectivity index (χ1) is 7.66. The molecule has 1 N–H and O–H groups in total. The van der Waals surface area contributed by atoms with Gasteiger partial charge in [0.25, 0.3) is 0 Å². The van der Waals surface area contributed by atoms with Crippen molar-refractivity contribution in [2.24, 2.45) is 0 Å². The van der Waals surface area contributed by atoms with Gasteiger partial charge < -0.3 is 9.64 Å². The Kier molecular flexibility index (Phi) is 3.25. The summed E-state index contributed by atoms with van der Waals surface area (Å²) in [4.78, 5) is 2.09. The van der Waals surface area contributed by atoms with Crippen LogP contribution in [0.4, 0.5) is 0 Å². The lowest BCUT2D eigenvalue weighted by atomic mass is 10.1. The fourth-order valence-electron chi connectivity index (χ4n) is 2.14. The van der Waals surface area contributed by atoms with Crippen molar-refractivity contribution in [1.82, 2.24) is 4.90 Å². The molecule has 0 aromatic heterocycles. The molecule has 0 bridgehead atoms. The van der Waals surface area contributed by atoms with Crippen molar-refractivity contribution >= 4 is 5.84 Å². The first kappa shape index (κ1) is 11.1. The second-order valence-electron chi connectivity index (χ2n) is 4.38. The highest BCUT2D eigenvalue weighted by Crippen LogP contribution is 2.13. The van der Waals surface area contributed by atoms with Gasteiger partial charge in [0.15, 0.2) is 0 Å². The van der Waals surface area contributed by atoms with Gasteiger partial charge in [-0.3, -0.25) is 5.41 Å². The lowest BCUT2D eigenvalue weighted by Crippen LogP contribution is -2.48. The topological polar surface area (TPSA) is 36.3 Å². The number of ether oxygens (including phenoxy) is 1. The summed E-state index contributed by atoms with van der Waals surface area (Å²) in [6.07, 6.45) is 0.403. The maximum absolute atomic E-state index is 8.17. The van der Waals surface area contributed by atoms with Crippen molar-refractivity contribution in [2.75, 3.05) is 13.1 Å². The molecular weight excluding hydrogens is 200 g/mol. The van der Waals surface area contributed by atoms with Gasteiger partial charge in [-0.1, -0.05) is 30.3 Å². The Bertz CT molecular complexity index is 353. The van der Waals surface area contributed by atoms with E-state index in [0.717, 1.165) is 18.7 Å². The van der Waals surface area contributed by atoms with Crippen LogP contribution in [-0.4, -0.2) is 36.0 Å². The molecule has 0 saturated carbocycles. The smallest absolute Gasteiger partial charge is 0.128 e. The largest absolute Gasteiger partial charge is 0.372 e. The monoisotopic (exact) mass is 218 g/mol. The number of hydrogen-bond donors (Lipinski definition) is 1. The zero-order chi connectivity index (χ0) is 11.5. The van der Waals surface area contributed by atoms with E-state index in [1.54, 1.807) is 0 Å². The summed E-state index contributed by atoms with van der Waals surface area (Å²) >= 11 is 0. The van der Waals surface area contributed by atoms with E-state index in [1.165, 1.54) is 0 Å². The third-order valence-electron chi connectivity index (χ3n) is 2.78. The molecule has 3 nitrogen and oxygen atoms in total. The van der Waals surface area contributed by atoms with Crippen LogP contribution in [0.2, 0.25) is 0 Å². The van der Waals surface area contributed by atoms with Crippen LogP contribution in [0, 0.1) is 5.41 Å². The summed E-state index contributed by atoms with van der Waals surface area (Å²) in [6, 6.07) is 9.87. The molecule has 0 aliphatic carbocycles. The molecule has 1 heterocycles. The Labute approximate surface area is 96.5 Å². The van der Waals surface area contributed by atoms with Crippen molar-refractivity contribution in [3.05, 3.63) is 35.9 Å². The minimum Gasteiger partial charge on any atom is -0.372 e. The van der Waals surface area contributed by atoms with Crippen LogP contribution in [0.1, 0.15) is 19.4 Å². The van der Waals surface area contributed by atoms with E-state index in [-0.39, 0.29) is 12.2 Å². The summed E-state index contributed by atoms with van der Waals surface area (Å²) in [7, 11) is 0. The standard InChI is InChI=1S/C13H18N2O/c1-10-8-15(9-11(2)16-10)13(14)12-6-4-3-5-7-12/h3-7,10-11,14H,8-9H2,1-2H3. The van der Waals surface area contributed by atoms with Crippen LogP contribution >= 0.6 is 0 Å². The molecule has 2 unspecified atom stereocenters. The number of hydrogen-bond acceptors (Lipinski definition) is 2. The normalized spacial score (nSPS) is 25.5. The zero-order valence-corrected chi connectivity index (χ0v) is 9.81. The van der Waals surface area contributed by atoms with Crippen LogP contribution in [0.5, 0.6) is 0 Å². The van der Waals surface area contributed by atoms with E-state index < -0.39 is 0 Å². The van der Waals surface area contributed by atoms with Crippen LogP contribution in [0.25, 0.3) is 0 Å². The summed E-state index contributed by atoms with van der Waals surface area (Å²) in [5.41, 5.74) is 0.976. The Morgan fingerprint density at radius 1 is 1.19 bits per heavy atom. The number of benzene rings is 1. The highest BCUT2D eigenvalue weighted by atomic mass is 16.5. The Balaban J connectivity index is 2.10. The molecule has 0 radical (unpaired) electrons. The van der Waals surface area contributed by atoms with E-state index >= 15 is 0 Å². The fourth-order valence-corrected chi connectivity index (χ4v) is 2.14. The predicted molar refractivity (Wildman–Crippen MR) is 64.9 cm³/mol. The summed E-state index contributed by atoms with van der Waals surface area (Å²) < 4.78 is 5.66. The highest BCUT2D eigenvalue weighted by molar-refractivity contribution is 5.96. The molecule has 2 atom stereocenters. The highest BCUT2D eigenvalue weighted by Gasteiger charge is 2.24. The first-order valence-corrected chi connectivity index (χ1v) is 5.71. The lowest BCUT2D eigenvalue weighted by molar-refractivity contribution is -0.0480. The number of rotatable bonds is 1. The van der Waals surface area contributed by atoms with Gasteiger partial charge in [-0.15, -0.1) is 0 Å². The van der Waals surface area contributed by atoms with Gasteiger partial charge in [0.05, 0.1) is 12.2 Å². The fraction of sp³-hybridized carbons (Fsp3) is 0.462. The second-order valence-corrected chi connectivity index (χ2v) is 4.38. The maximum atomic E-state index is 8.17. The predicted octanol–water partition coefficient (Wildman–Crippen LogP) is 2.12. The van der Waals surface area contributed by atoms with Crippen LogP contribution in [-0.2, 0) is 4.74 Å². The van der Waals surface area contributed by atoms with Crippen molar-refractivity contribution < 1.29 is 4.74 Å². The minimum atomic E-state index is 0.202. The minimum absolute atomic E-state index is 0.202. The quantitative estimate of drug-likeness (QED) is 0.579. The van der Waals surface area contributed by atoms with Crippen molar-refractivity contribution in [3.8, 4) is 0 Å². The van der Waals surface area contributed by atoms with Gasteiger partial charge >= 0.3 is 0 Å². The van der Waals surface area contributed by atoms with Crippen LogP contribution in [0.15, 0.2) is 30.3 Å². The van der Waals surface area contributed by atoms with Crippen molar-refractivity contribution in [1.29, 1.82) is 5.41 Å². The van der Waals surface area contributed by atoms with Crippen LogP contribution in [0.3, 0.4) is 0 Å². The van der Waals surface area contributed by atoms with Gasteiger partial charge in [-0.25, -0.2) is 0 Å². The summed E-state index contributed by atoms with van der Waals surface area (Å²) in [6.45, 7) is 5.72. The molecule has 2 rings (SSSR count). The molecule has 1 aliphatic rings. The molecule has 0 amide bonds. The van der Waals surface area contributed by atoms with E-state index in [9.17, 15) is 0 Å². The van der Waals surface area contributed by atoms with Crippen molar-refractivity contribution in [2.45, 2.75) is 26.1 Å². The molecule has 1 aromatic carbocycles. The van der Waals surface area contributed by atoms with E-state index in [0.29, 0.717) is 5.84 Å². The lowest BCUT2D eigenvalue weighted by Gasteiger charge is -2.36. The average Bonchev–Trinajstić information content (AvgIpc) is 2.28. The third-order valence-corrected chi connectivity index (χ3v) is 2.78. The number of nitrogens with zero attached hydrogens (tertiary/aromatic N) is 1. The van der Waals surface area contributed by atoms with E-state index in [1.807, 2.05) is 30.3 Å². The number of amidine groups is 1. The molecule has 1 aromatic rings. The maximum Gasteiger partial charge on any atom is 0.128 e. The molecule has 0 spiro atoms. The molecule has 1 fully saturated rings. The van der Waals surface area contributed by atoms with E-state index in [4.69, 9.17) is 10.1 Å². The second kappa shape index (κ2) is 4.66. The zero-order valence-electron chi connectivity index (χ0n) is 9.81. The van der Waals surface area contributed by atoms with Gasteiger partial charge in [0.1, 0.15) is 5.84 Å². The number of nitrogens with one attached hydrogen (secondary N) is 1. The molecule has 1 saturated heterocycles. The molecule has 16 heavy (non-hydrogen) atoms. The van der Waals surface area contributed by atoms with Gasteiger partial charge in [0.2, 0.25) is 0 Å². The van der Waals surface area contributed by atoms with Crippen LogP contribution < -0.4 is 0 Å². The Hall–Kier alpha value is -1.35. The summed E-state index contributed by atoms with van der Waals surface area (Å²) in [5, 5.41) is 8.17. The average molecular weight is 218 g/mol. The van der Waals surface area contributed by atoms with E-state index in [2.05, 4.69) is 18.7 Å². The molecule has 86 valence electrons. The SMILES string of the molecule is CC1CN(C(=N)c2ccccc2)CC(C)O1. The molecule has 3 heteroatoms. The van der Waals surface area contributed by atoms with Gasteiger partial charge in [0, 0.05) is 18.7 Å². The van der Waals surface area contributed by atoms with Gasteiger partial charge in [-0.05, 0) is 13.8 Å². The Morgan fingerprint density at radius 2 is 1.75 bits per heavy atom. The van der Waals surface area contributed by atoms with Crippen molar-refractivity contribution in [3.63, 3.8) is 0 Å².